The molecular formula is C6H9I2N. The fourth-order valence-electron chi connectivity index (χ4n) is 1.56. The van der Waals surface area contributed by atoms with Crippen LogP contribution in [0.2, 0.25) is 0 Å². The van der Waals surface area contributed by atoms with Crippen LogP contribution in [0, 0.1) is 5.41 Å². The van der Waals surface area contributed by atoms with E-state index >= 15 is 0 Å². The molecule has 2 atom stereocenters. The van der Waals surface area contributed by atoms with Crippen molar-refractivity contribution in [1.82, 2.24) is 3.11 Å². The molecule has 1 heterocycles. The molecule has 1 aliphatic carbocycles. The third kappa shape index (κ3) is 1.13. The van der Waals surface area contributed by atoms with E-state index in [1.165, 1.54) is 25.9 Å². The molecule has 0 bridgehead atoms. The normalized spacial score (nSPS) is 50.7. The Bertz CT molecular complexity index is 137. The van der Waals surface area contributed by atoms with Gasteiger partial charge < -0.3 is 0 Å². The van der Waals surface area contributed by atoms with Crippen molar-refractivity contribution in [2.75, 3.05) is 13.1 Å². The van der Waals surface area contributed by atoms with Crippen molar-refractivity contribution in [3.05, 3.63) is 0 Å². The Labute approximate surface area is 83.2 Å². The van der Waals surface area contributed by atoms with Gasteiger partial charge in [-0.3, -0.25) is 0 Å². The lowest BCUT2D eigenvalue weighted by atomic mass is 10.1. The van der Waals surface area contributed by atoms with Gasteiger partial charge in [-0.05, 0) is 18.3 Å². The first kappa shape index (κ1) is 7.09. The molecule has 2 rings (SSSR count). The lowest BCUT2D eigenvalue weighted by Gasteiger charge is -2.04. The van der Waals surface area contributed by atoms with Crippen molar-refractivity contribution in [3.63, 3.8) is 0 Å². The van der Waals surface area contributed by atoms with Crippen LogP contribution in [0.25, 0.3) is 0 Å². The van der Waals surface area contributed by atoms with Crippen LogP contribution in [-0.4, -0.2) is 20.1 Å². The van der Waals surface area contributed by atoms with Crippen molar-refractivity contribution in [1.29, 1.82) is 0 Å². The number of hydrogen-bond acceptors (Lipinski definition) is 1. The predicted octanol–water partition coefficient (Wildman–Crippen LogP) is 2.24. The zero-order chi connectivity index (χ0) is 6.48. The third-order valence-electron chi connectivity index (χ3n) is 2.43. The number of hydrogen-bond donors (Lipinski definition) is 0. The third-order valence-corrected chi connectivity index (χ3v) is 5.01. The first-order valence-electron chi connectivity index (χ1n) is 3.28. The standard InChI is InChI=1S/C6H9I2N/c7-5-3-6(5)1-2-9(8)4-6/h5H,1-4H2. The van der Waals surface area contributed by atoms with Crippen LogP contribution < -0.4 is 0 Å². The summed E-state index contributed by atoms with van der Waals surface area (Å²) >= 11 is 5.03. The van der Waals surface area contributed by atoms with Crippen LogP contribution in [0.3, 0.4) is 0 Å². The average Bonchev–Trinajstić information content (AvgIpc) is 2.17. The maximum Gasteiger partial charge on any atom is 0.0201 e. The fraction of sp³-hybridized carbons (Fsp3) is 1.00. The van der Waals surface area contributed by atoms with Gasteiger partial charge in [0.1, 0.15) is 0 Å². The molecule has 1 saturated heterocycles. The Morgan fingerprint density at radius 2 is 2.22 bits per heavy atom. The Morgan fingerprint density at radius 3 is 2.44 bits per heavy atom. The van der Waals surface area contributed by atoms with E-state index in [1.54, 1.807) is 0 Å². The molecule has 2 unspecified atom stereocenters. The topological polar surface area (TPSA) is 3.24 Å². The summed E-state index contributed by atoms with van der Waals surface area (Å²) in [4.78, 5) is 0. The molecule has 0 aromatic heterocycles. The second kappa shape index (κ2) is 2.20. The predicted molar refractivity (Wildman–Crippen MR) is 55.1 cm³/mol. The molecule has 1 saturated carbocycles. The number of alkyl halides is 1. The smallest absolute Gasteiger partial charge is 0.0201 e. The van der Waals surface area contributed by atoms with Crippen molar-refractivity contribution in [2.24, 2.45) is 5.41 Å². The van der Waals surface area contributed by atoms with Crippen LogP contribution in [0.4, 0.5) is 0 Å². The van der Waals surface area contributed by atoms with Gasteiger partial charge in [0.2, 0.25) is 0 Å². The monoisotopic (exact) mass is 349 g/mol. The van der Waals surface area contributed by atoms with Gasteiger partial charge in [0.15, 0.2) is 0 Å². The van der Waals surface area contributed by atoms with Crippen LogP contribution >= 0.6 is 45.5 Å². The highest BCUT2D eigenvalue weighted by Gasteiger charge is 2.55. The summed E-state index contributed by atoms with van der Waals surface area (Å²) < 4.78 is 3.42. The maximum atomic E-state index is 2.59. The highest BCUT2D eigenvalue weighted by atomic mass is 127. The summed E-state index contributed by atoms with van der Waals surface area (Å²) in [5, 5.41) is 0. The van der Waals surface area contributed by atoms with E-state index in [9.17, 15) is 0 Å². The molecule has 0 aromatic rings. The van der Waals surface area contributed by atoms with Crippen molar-refractivity contribution in [2.45, 2.75) is 16.8 Å². The van der Waals surface area contributed by atoms with E-state index in [0.29, 0.717) is 0 Å². The van der Waals surface area contributed by atoms with E-state index in [0.717, 1.165) is 9.34 Å². The molecule has 3 heteroatoms. The molecule has 2 aliphatic rings. The molecule has 0 amide bonds. The van der Waals surface area contributed by atoms with Gasteiger partial charge in [-0.2, -0.15) is 0 Å². The second-order valence-corrected chi connectivity index (χ2v) is 6.00. The van der Waals surface area contributed by atoms with E-state index in [1.807, 2.05) is 0 Å². The van der Waals surface area contributed by atoms with Crippen molar-refractivity contribution >= 4 is 45.5 Å². The number of rotatable bonds is 0. The first-order valence-corrected chi connectivity index (χ1v) is 5.49. The molecule has 0 radical (unpaired) electrons. The minimum Gasteiger partial charge on any atom is -0.247 e. The second-order valence-electron chi connectivity index (χ2n) is 3.13. The first-order chi connectivity index (χ1) is 4.23. The summed E-state index contributed by atoms with van der Waals surface area (Å²) in [6, 6.07) is 0. The van der Waals surface area contributed by atoms with Gasteiger partial charge >= 0.3 is 0 Å². The maximum absolute atomic E-state index is 2.59. The Balaban J connectivity index is 2.03. The molecule has 1 aliphatic heterocycles. The van der Waals surface area contributed by atoms with Crippen molar-refractivity contribution < 1.29 is 0 Å². The van der Waals surface area contributed by atoms with Gasteiger partial charge in [0, 0.05) is 39.9 Å². The lowest BCUT2D eigenvalue weighted by molar-refractivity contribution is 0.539. The van der Waals surface area contributed by atoms with Crippen LogP contribution in [0.15, 0.2) is 0 Å². The minimum absolute atomic E-state index is 0.780. The largest absolute Gasteiger partial charge is 0.247 e. The quantitative estimate of drug-likeness (QED) is 0.368. The van der Waals surface area contributed by atoms with E-state index < -0.39 is 0 Å². The molecule has 1 nitrogen and oxygen atoms in total. The average molecular weight is 349 g/mol. The molecule has 0 N–H and O–H groups in total. The lowest BCUT2D eigenvalue weighted by Crippen LogP contribution is -2.08. The molecule has 2 fully saturated rings. The van der Waals surface area contributed by atoms with E-state index in [2.05, 4.69) is 48.6 Å². The summed E-state index contributed by atoms with van der Waals surface area (Å²) in [5.41, 5.74) is 0.780. The van der Waals surface area contributed by atoms with Crippen LogP contribution in [0.5, 0.6) is 0 Å². The number of nitrogens with zero attached hydrogens (tertiary/aromatic N) is 1. The SMILES string of the molecule is IC1CC12CCN(I)C2. The fourth-order valence-corrected chi connectivity index (χ4v) is 3.87. The zero-order valence-corrected chi connectivity index (χ0v) is 9.42. The molecule has 1 spiro atoms. The minimum atomic E-state index is 0.780. The van der Waals surface area contributed by atoms with Gasteiger partial charge in [-0.1, -0.05) is 22.6 Å². The highest BCUT2D eigenvalue weighted by molar-refractivity contribution is 14.1. The Morgan fingerprint density at radius 1 is 1.56 bits per heavy atom. The van der Waals surface area contributed by atoms with Crippen molar-refractivity contribution in [3.8, 4) is 0 Å². The molecule has 52 valence electrons. The molecule has 0 aromatic carbocycles. The highest BCUT2D eigenvalue weighted by Crippen LogP contribution is 2.58. The van der Waals surface area contributed by atoms with E-state index in [4.69, 9.17) is 0 Å². The van der Waals surface area contributed by atoms with Gasteiger partial charge in [0.25, 0.3) is 0 Å². The van der Waals surface area contributed by atoms with Crippen LogP contribution in [0.1, 0.15) is 12.8 Å². The zero-order valence-electron chi connectivity index (χ0n) is 5.11. The Kier molecular flexibility index (Phi) is 1.73. The van der Waals surface area contributed by atoms with E-state index in [-0.39, 0.29) is 0 Å². The van der Waals surface area contributed by atoms with Crippen LogP contribution in [-0.2, 0) is 0 Å². The summed E-state index contributed by atoms with van der Waals surface area (Å²) in [5.74, 6) is 0. The molecular weight excluding hydrogens is 340 g/mol. The van der Waals surface area contributed by atoms with Gasteiger partial charge in [-0.25, -0.2) is 3.11 Å². The summed E-state index contributed by atoms with van der Waals surface area (Å²) in [7, 11) is 0. The molecule has 9 heavy (non-hydrogen) atoms. The van der Waals surface area contributed by atoms with Gasteiger partial charge in [0.05, 0.1) is 0 Å². The van der Waals surface area contributed by atoms with Gasteiger partial charge in [-0.15, -0.1) is 0 Å². The Hall–Kier alpha value is 1.42. The number of halogens is 2. The summed E-state index contributed by atoms with van der Waals surface area (Å²) in [6.45, 7) is 2.67. The summed E-state index contributed by atoms with van der Waals surface area (Å²) in [6.07, 6.45) is 2.93.